The van der Waals surface area contributed by atoms with Crippen molar-refractivity contribution in [3.05, 3.63) is 0 Å². The van der Waals surface area contributed by atoms with E-state index < -0.39 is 31.9 Å². The summed E-state index contributed by atoms with van der Waals surface area (Å²) in [5.41, 5.74) is 0. The highest BCUT2D eigenvalue weighted by molar-refractivity contribution is 7.06. The number of Topliss-reactive ketones (excluding diaryl/α,β-unsaturated/α-hetero) is 1. The molecule has 0 aromatic rings. The summed E-state index contributed by atoms with van der Waals surface area (Å²) in [6.07, 6.45) is -5.92. The molecule has 94 valence electrons. The summed E-state index contributed by atoms with van der Waals surface area (Å²) in [7, 11) is -2.51. The highest BCUT2D eigenvalue weighted by Crippen LogP contribution is 2.37. The van der Waals surface area contributed by atoms with Crippen LogP contribution < -0.4 is 0 Å². The topological polar surface area (TPSA) is 34.1 Å². The Bertz CT molecular complexity index is 300. The molecule has 0 radical (unpaired) electrons. The summed E-state index contributed by atoms with van der Waals surface area (Å²) in [6, 6.07) is 0. The maximum absolute atomic E-state index is 12.0. The fourth-order valence-corrected chi connectivity index (χ4v) is 2.32. The van der Waals surface area contributed by atoms with Crippen molar-refractivity contribution in [3.63, 3.8) is 0 Å². The SMILES string of the molecule is CC(C)(C)[Si](C)(C)C(=O)CC(=O)C(F)(F)F. The third-order valence-corrected chi connectivity index (χ3v) is 8.53. The highest BCUT2D eigenvalue weighted by atomic mass is 28.3. The van der Waals surface area contributed by atoms with Crippen LogP contribution in [0.5, 0.6) is 0 Å². The molecule has 0 unspecified atom stereocenters. The standard InChI is InChI=1S/C10H17F3O2Si/c1-9(2,3)16(4,5)8(15)6-7(14)10(11,12)13/h6H2,1-5H3. The molecule has 0 saturated heterocycles. The average Bonchev–Trinajstić information content (AvgIpc) is 1.99. The zero-order valence-corrected chi connectivity index (χ0v) is 11.2. The van der Waals surface area contributed by atoms with Gasteiger partial charge >= 0.3 is 6.18 Å². The van der Waals surface area contributed by atoms with Gasteiger partial charge in [0.1, 0.15) is 13.5 Å². The molecular formula is C10H17F3O2Si. The Morgan fingerprint density at radius 1 is 1.06 bits per heavy atom. The van der Waals surface area contributed by atoms with Gasteiger partial charge in [-0.2, -0.15) is 13.2 Å². The molecule has 16 heavy (non-hydrogen) atoms. The summed E-state index contributed by atoms with van der Waals surface area (Å²) < 4.78 is 36.0. The number of hydrogen-bond donors (Lipinski definition) is 0. The van der Waals surface area contributed by atoms with Crippen molar-refractivity contribution in [1.29, 1.82) is 0 Å². The van der Waals surface area contributed by atoms with Crippen LogP contribution in [-0.4, -0.2) is 25.4 Å². The van der Waals surface area contributed by atoms with Gasteiger partial charge in [0.2, 0.25) is 5.78 Å². The molecule has 0 heterocycles. The van der Waals surface area contributed by atoms with Crippen molar-refractivity contribution in [1.82, 2.24) is 0 Å². The van der Waals surface area contributed by atoms with E-state index in [-0.39, 0.29) is 5.04 Å². The third kappa shape index (κ3) is 3.43. The molecule has 0 fully saturated rings. The fraction of sp³-hybridized carbons (Fsp3) is 0.800. The highest BCUT2D eigenvalue weighted by Gasteiger charge is 2.46. The molecule has 0 aromatic carbocycles. The zero-order valence-electron chi connectivity index (χ0n) is 10.2. The Hall–Kier alpha value is -0.653. The van der Waals surface area contributed by atoms with Gasteiger partial charge in [0.05, 0.1) is 6.42 Å². The van der Waals surface area contributed by atoms with E-state index in [2.05, 4.69) is 0 Å². The van der Waals surface area contributed by atoms with Crippen LogP contribution in [0, 0.1) is 0 Å². The first-order chi connectivity index (χ1) is 6.80. The first-order valence-electron chi connectivity index (χ1n) is 4.93. The van der Waals surface area contributed by atoms with Crippen LogP contribution in [0.3, 0.4) is 0 Å². The number of halogens is 3. The van der Waals surface area contributed by atoms with Crippen LogP contribution in [0.15, 0.2) is 0 Å². The van der Waals surface area contributed by atoms with Gasteiger partial charge in [0.15, 0.2) is 0 Å². The lowest BCUT2D eigenvalue weighted by molar-refractivity contribution is -0.171. The van der Waals surface area contributed by atoms with E-state index >= 15 is 0 Å². The normalized spacial score (nSPS) is 13.8. The van der Waals surface area contributed by atoms with E-state index in [0.29, 0.717) is 0 Å². The van der Waals surface area contributed by atoms with E-state index in [0.717, 1.165) is 0 Å². The molecule has 0 aliphatic heterocycles. The molecule has 0 aliphatic carbocycles. The molecular weight excluding hydrogens is 237 g/mol. The average molecular weight is 254 g/mol. The number of carbonyl (C=O) groups excluding carboxylic acids is 2. The molecule has 0 saturated carbocycles. The van der Waals surface area contributed by atoms with E-state index in [1.54, 1.807) is 13.1 Å². The van der Waals surface area contributed by atoms with Crippen molar-refractivity contribution in [2.24, 2.45) is 0 Å². The Morgan fingerprint density at radius 3 is 1.69 bits per heavy atom. The summed E-state index contributed by atoms with van der Waals surface area (Å²) in [6.45, 7) is 8.83. The third-order valence-electron chi connectivity index (χ3n) is 3.21. The van der Waals surface area contributed by atoms with Gasteiger partial charge in [-0.3, -0.25) is 4.79 Å². The second-order valence-electron chi connectivity index (χ2n) is 5.40. The van der Waals surface area contributed by atoms with Gasteiger partial charge < -0.3 is 4.79 Å². The lowest BCUT2D eigenvalue weighted by atomic mass is 10.2. The maximum Gasteiger partial charge on any atom is 0.450 e. The van der Waals surface area contributed by atoms with Gasteiger partial charge in [-0.25, -0.2) is 0 Å². The largest absolute Gasteiger partial charge is 0.450 e. The van der Waals surface area contributed by atoms with Crippen molar-refractivity contribution >= 4 is 19.3 Å². The summed E-state index contributed by atoms with van der Waals surface area (Å²) in [4.78, 5) is 22.4. The number of carbonyl (C=O) groups is 2. The van der Waals surface area contributed by atoms with E-state index in [1.165, 1.54) is 0 Å². The predicted octanol–water partition coefficient (Wildman–Crippen LogP) is 3.12. The first-order valence-corrected chi connectivity index (χ1v) is 7.93. The molecule has 0 bridgehead atoms. The molecule has 0 atom stereocenters. The molecule has 0 rings (SSSR count). The minimum atomic E-state index is -4.90. The van der Waals surface area contributed by atoms with Crippen molar-refractivity contribution in [2.75, 3.05) is 0 Å². The number of alkyl halides is 3. The van der Waals surface area contributed by atoms with Crippen molar-refractivity contribution in [3.8, 4) is 0 Å². The molecule has 0 amide bonds. The summed E-state index contributed by atoms with van der Waals surface area (Å²) in [5.74, 6) is -1.94. The van der Waals surface area contributed by atoms with Crippen LogP contribution in [0.4, 0.5) is 13.2 Å². The van der Waals surface area contributed by atoms with Gasteiger partial charge in [0.25, 0.3) is 0 Å². The minimum absolute atomic E-state index is 0.351. The number of ketones is 1. The van der Waals surface area contributed by atoms with Crippen molar-refractivity contribution in [2.45, 2.75) is 51.5 Å². The maximum atomic E-state index is 12.0. The van der Waals surface area contributed by atoms with E-state index in [1.807, 2.05) is 20.8 Å². The summed E-state index contributed by atoms with van der Waals surface area (Å²) >= 11 is 0. The smallest absolute Gasteiger partial charge is 0.305 e. The molecule has 0 aromatic heterocycles. The van der Waals surface area contributed by atoms with Crippen molar-refractivity contribution < 1.29 is 22.8 Å². The molecule has 0 aliphatic rings. The second kappa shape index (κ2) is 4.31. The van der Waals surface area contributed by atoms with Crippen LogP contribution in [-0.2, 0) is 9.59 Å². The second-order valence-corrected chi connectivity index (χ2v) is 10.7. The Morgan fingerprint density at radius 2 is 1.44 bits per heavy atom. The summed E-state index contributed by atoms with van der Waals surface area (Å²) in [5, 5.41) is -0.891. The minimum Gasteiger partial charge on any atom is -0.305 e. The zero-order chi connectivity index (χ0) is 13.4. The molecule has 0 spiro atoms. The van der Waals surface area contributed by atoms with Gasteiger partial charge in [-0.05, 0) is 5.04 Å². The van der Waals surface area contributed by atoms with Gasteiger partial charge in [-0.15, -0.1) is 0 Å². The lowest BCUT2D eigenvalue weighted by Gasteiger charge is -2.34. The Balaban J connectivity index is 4.80. The number of rotatable bonds is 3. The van der Waals surface area contributed by atoms with E-state index in [4.69, 9.17) is 0 Å². The monoisotopic (exact) mass is 254 g/mol. The van der Waals surface area contributed by atoms with Crippen LogP contribution in [0.1, 0.15) is 27.2 Å². The quantitative estimate of drug-likeness (QED) is 0.573. The molecule has 6 heteroatoms. The first kappa shape index (κ1) is 15.3. The predicted molar refractivity (Wildman–Crippen MR) is 57.9 cm³/mol. The van der Waals surface area contributed by atoms with E-state index in [9.17, 15) is 22.8 Å². The van der Waals surface area contributed by atoms with Gasteiger partial charge in [-0.1, -0.05) is 33.9 Å². The Kier molecular flexibility index (Phi) is 4.14. The number of hydrogen-bond acceptors (Lipinski definition) is 2. The van der Waals surface area contributed by atoms with Gasteiger partial charge in [0, 0.05) is 0 Å². The van der Waals surface area contributed by atoms with Crippen LogP contribution in [0.25, 0.3) is 0 Å². The van der Waals surface area contributed by atoms with Crippen LogP contribution in [0.2, 0.25) is 18.1 Å². The molecule has 2 nitrogen and oxygen atoms in total. The molecule has 0 N–H and O–H groups in total. The Labute approximate surface area is 94.2 Å². The van der Waals surface area contributed by atoms with Crippen LogP contribution >= 0.6 is 0 Å². The fourth-order valence-electron chi connectivity index (χ4n) is 0.885. The lowest BCUT2D eigenvalue weighted by Crippen LogP contribution is -2.47.